The fourth-order valence-electron chi connectivity index (χ4n) is 3.30. The summed E-state index contributed by atoms with van der Waals surface area (Å²) in [5, 5.41) is 7.14. The maximum atomic E-state index is 12.4. The average Bonchev–Trinajstić information content (AvgIpc) is 3.12. The van der Waals surface area contributed by atoms with Gasteiger partial charge in [-0.05, 0) is 25.5 Å². The number of nitrogens with one attached hydrogen (secondary N) is 1. The third kappa shape index (κ3) is 5.98. The van der Waals surface area contributed by atoms with Crippen molar-refractivity contribution in [1.82, 2.24) is 15.0 Å². The number of aryl methyl sites for hydroxylation is 1. The molecule has 1 fully saturated rings. The average molecular weight is 437 g/mol. The summed E-state index contributed by atoms with van der Waals surface area (Å²) in [7, 11) is 0. The van der Waals surface area contributed by atoms with Gasteiger partial charge in [0, 0.05) is 43.3 Å². The molecule has 1 aliphatic heterocycles. The number of halogens is 1. The van der Waals surface area contributed by atoms with E-state index in [9.17, 15) is 9.59 Å². The van der Waals surface area contributed by atoms with Crippen LogP contribution in [0.5, 0.6) is 0 Å². The van der Waals surface area contributed by atoms with Crippen molar-refractivity contribution < 1.29 is 14.1 Å². The first kappa shape index (κ1) is 21.7. The Hall–Kier alpha value is -2.03. The van der Waals surface area contributed by atoms with Crippen LogP contribution in [0, 0.1) is 6.92 Å². The molecule has 156 valence electrons. The molecule has 1 saturated heterocycles. The SMILES string of the molecule is Cc1cc(NC(=O)CSCC(=O)N2CCN(C(C)c3ccccc3Cl)CC2)no1. The smallest absolute Gasteiger partial charge is 0.235 e. The second-order valence-corrected chi connectivity index (χ2v) is 8.37. The van der Waals surface area contributed by atoms with E-state index in [1.165, 1.54) is 11.8 Å². The van der Waals surface area contributed by atoms with Gasteiger partial charge < -0.3 is 14.7 Å². The van der Waals surface area contributed by atoms with Gasteiger partial charge in [0.25, 0.3) is 0 Å². The molecule has 0 spiro atoms. The number of amides is 2. The lowest BCUT2D eigenvalue weighted by Gasteiger charge is -2.38. The molecule has 0 saturated carbocycles. The molecule has 3 rings (SSSR count). The second kappa shape index (κ2) is 10.1. The van der Waals surface area contributed by atoms with Gasteiger partial charge in [0.15, 0.2) is 5.82 Å². The van der Waals surface area contributed by atoms with E-state index in [1.54, 1.807) is 13.0 Å². The first-order valence-electron chi connectivity index (χ1n) is 9.51. The predicted molar refractivity (Wildman–Crippen MR) is 115 cm³/mol. The van der Waals surface area contributed by atoms with Crippen LogP contribution in [0.3, 0.4) is 0 Å². The second-order valence-electron chi connectivity index (χ2n) is 6.98. The van der Waals surface area contributed by atoms with Crippen molar-refractivity contribution in [3.8, 4) is 0 Å². The monoisotopic (exact) mass is 436 g/mol. The number of piperazine rings is 1. The highest BCUT2D eigenvalue weighted by Crippen LogP contribution is 2.27. The summed E-state index contributed by atoms with van der Waals surface area (Å²) in [4.78, 5) is 28.6. The van der Waals surface area contributed by atoms with Gasteiger partial charge in [-0.15, -0.1) is 11.8 Å². The van der Waals surface area contributed by atoms with Crippen LogP contribution in [0.1, 0.15) is 24.3 Å². The van der Waals surface area contributed by atoms with E-state index in [-0.39, 0.29) is 29.4 Å². The van der Waals surface area contributed by atoms with E-state index in [1.807, 2.05) is 29.2 Å². The Labute approximate surface area is 179 Å². The molecule has 0 radical (unpaired) electrons. The molecule has 29 heavy (non-hydrogen) atoms. The first-order chi connectivity index (χ1) is 13.9. The molecule has 2 aromatic rings. The summed E-state index contributed by atoms with van der Waals surface area (Å²) < 4.78 is 4.90. The van der Waals surface area contributed by atoms with Gasteiger partial charge in [0.1, 0.15) is 5.76 Å². The van der Waals surface area contributed by atoms with Crippen LogP contribution in [-0.2, 0) is 9.59 Å². The minimum atomic E-state index is -0.200. The Morgan fingerprint density at radius 3 is 2.62 bits per heavy atom. The number of anilines is 1. The number of hydrogen-bond acceptors (Lipinski definition) is 6. The topological polar surface area (TPSA) is 78.7 Å². The molecule has 1 atom stereocenters. The highest BCUT2D eigenvalue weighted by molar-refractivity contribution is 8.00. The van der Waals surface area contributed by atoms with Crippen molar-refractivity contribution in [2.75, 3.05) is 43.0 Å². The van der Waals surface area contributed by atoms with Crippen molar-refractivity contribution in [2.24, 2.45) is 0 Å². The number of rotatable bonds is 7. The van der Waals surface area contributed by atoms with Crippen LogP contribution in [0.25, 0.3) is 0 Å². The zero-order chi connectivity index (χ0) is 20.8. The largest absolute Gasteiger partial charge is 0.360 e. The molecular formula is C20H25ClN4O3S. The first-order valence-corrected chi connectivity index (χ1v) is 11.0. The standard InChI is InChI=1S/C20H25ClN4O3S/c1-14-11-18(23-28-14)22-19(26)12-29-13-20(27)25-9-7-24(8-10-25)15(2)16-5-3-4-6-17(16)21/h3-6,11,15H,7-10,12-13H2,1-2H3,(H,22,23,26). The lowest BCUT2D eigenvalue weighted by molar-refractivity contribution is -0.130. The van der Waals surface area contributed by atoms with Crippen molar-refractivity contribution >= 4 is 41.0 Å². The van der Waals surface area contributed by atoms with Gasteiger partial charge >= 0.3 is 0 Å². The van der Waals surface area contributed by atoms with Gasteiger partial charge in [-0.2, -0.15) is 0 Å². The quantitative estimate of drug-likeness (QED) is 0.718. The highest BCUT2D eigenvalue weighted by Gasteiger charge is 2.25. The van der Waals surface area contributed by atoms with E-state index in [4.69, 9.17) is 16.1 Å². The van der Waals surface area contributed by atoms with Gasteiger partial charge in [0.05, 0.1) is 11.5 Å². The van der Waals surface area contributed by atoms with Crippen LogP contribution in [-0.4, -0.2) is 64.5 Å². The maximum absolute atomic E-state index is 12.4. The third-order valence-electron chi connectivity index (χ3n) is 4.92. The zero-order valence-corrected chi connectivity index (χ0v) is 18.1. The summed E-state index contributed by atoms with van der Waals surface area (Å²) >= 11 is 7.62. The number of aromatic nitrogens is 1. The fraction of sp³-hybridized carbons (Fsp3) is 0.450. The van der Waals surface area contributed by atoms with Crippen LogP contribution < -0.4 is 5.32 Å². The number of hydrogen-bond donors (Lipinski definition) is 1. The number of thioether (sulfide) groups is 1. The van der Waals surface area contributed by atoms with Crippen LogP contribution >= 0.6 is 23.4 Å². The minimum absolute atomic E-state index is 0.0603. The molecule has 0 aliphatic carbocycles. The Balaban J connectivity index is 1.38. The van der Waals surface area contributed by atoms with E-state index in [0.29, 0.717) is 24.7 Å². The summed E-state index contributed by atoms with van der Waals surface area (Å²) in [5.74, 6) is 1.36. The van der Waals surface area contributed by atoms with E-state index < -0.39 is 0 Å². The molecule has 2 heterocycles. The number of carbonyl (C=O) groups is 2. The van der Waals surface area contributed by atoms with Gasteiger partial charge in [-0.3, -0.25) is 14.5 Å². The molecule has 1 aromatic heterocycles. The van der Waals surface area contributed by atoms with Gasteiger partial charge in [-0.25, -0.2) is 0 Å². The van der Waals surface area contributed by atoms with Crippen LogP contribution in [0.2, 0.25) is 5.02 Å². The lowest BCUT2D eigenvalue weighted by atomic mass is 10.1. The molecule has 7 nitrogen and oxygen atoms in total. The van der Waals surface area contributed by atoms with E-state index in [0.717, 1.165) is 23.7 Å². The minimum Gasteiger partial charge on any atom is -0.360 e. The van der Waals surface area contributed by atoms with Crippen molar-refractivity contribution in [1.29, 1.82) is 0 Å². The van der Waals surface area contributed by atoms with Crippen molar-refractivity contribution in [3.63, 3.8) is 0 Å². The number of carbonyl (C=O) groups excluding carboxylic acids is 2. The van der Waals surface area contributed by atoms with Crippen molar-refractivity contribution in [3.05, 3.63) is 46.7 Å². The molecule has 9 heteroatoms. The summed E-state index contributed by atoms with van der Waals surface area (Å²) in [6, 6.07) is 9.74. The third-order valence-corrected chi connectivity index (χ3v) is 6.19. The van der Waals surface area contributed by atoms with E-state index in [2.05, 4.69) is 22.3 Å². The predicted octanol–water partition coefficient (Wildman–Crippen LogP) is 3.21. The molecule has 1 aromatic carbocycles. The number of benzene rings is 1. The Kier molecular flexibility index (Phi) is 7.57. The summed E-state index contributed by atoms with van der Waals surface area (Å²) in [6.45, 7) is 6.86. The molecule has 2 amide bonds. The Bertz CT molecular complexity index is 852. The van der Waals surface area contributed by atoms with Gasteiger partial charge in [-0.1, -0.05) is 35.0 Å². The molecule has 0 bridgehead atoms. The van der Waals surface area contributed by atoms with Crippen molar-refractivity contribution in [2.45, 2.75) is 19.9 Å². The Morgan fingerprint density at radius 2 is 1.97 bits per heavy atom. The maximum Gasteiger partial charge on any atom is 0.235 e. The summed E-state index contributed by atoms with van der Waals surface area (Å²) in [6.07, 6.45) is 0. The number of nitrogens with zero attached hydrogens (tertiary/aromatic N) is 3. The molecule has 1 N–H and O–H groups in total. The molecule has 1 aliphatic rings. The molecular weight excluding hydrogens is 412 g/mol. The highest BCUT2D eigenvalue weighted by atomic mass is 35.5. The fourth-order valence-corrected chi connectivity index (χ4v) is 4.31. The molecule has 1 unspecified atom stereocenters. The zero-order valence-electron chi connectivity index (χ0n) is 16.6. The lowest BCUT2D eigenvalue weighted by Crippen LogP contribution is -2.49. The van der Waals surface area contributed by atoms with Gasteiger partial charge in [0.2, 0.25) is 11.8 Å². The van der Waals surface area contributed by atoms with Crippen LogP contribution in [0.4, 0.5) is 5.82 Å². The van der Waals surface area contributed by atoms with Crippen LogP contribution in [0.15, 0.2) is 34.9 Å². The normalized spacial score (nSPS) is 15.9. The van der Waals surface area contributed by atoms with E-state index >= 15 is 0 Å². The Morgan fingerprint density at radius 1 is 1.24 bits per heavy atom. The summed E-state index contributed by atoms with van der Waals surface area (Å²) in [5.41, 5.74) is 1.11.